The van der Waals surface area contributed by atoms with Crippen molar-refractivity contribution in [2.45, 2.75) is 32.7 Å². The molecule has 2 aromatic rings. The summed E-state index contributed by atoms with van der Waals surface area (Å²) < 4.78 is 5.13. The van der Waals surface area contributed by atoms with Crippen LogP contribution in [0.25, 0.3) is 11.1 Å². The second-order valence-corrected chi connectivity index (χ2v) is 5.27. The smallest absolute Gasteiger partial charge is 0.258 e. The van der Waals surface area contributed by atoms with E-state index >= 15 is 0 Å². The quantitative estimate of drug-likeness (QED) is 0.853. The minimum Gasteiger partial charge on any atom is -0.354 e. The van der Waals surface area contributed by atoms with Gasteiger partial charge in [-0.05, 0) is 26.3 Å². The Bertz CT molecular complexity index is 712. The van der Waals surface area contributed by atoms with Gasteiger partial charge in [0.1, 0.15) is 0 Å². The largest absolute Gasteiger partial charge is 0.354 e. The third-order valence-electron chi connectivity index (χ3n) is 3.59. The number of carbonyl (C=O) groups is 2. The fourth-order valence-electron chi connectivity index (χ4n) is 2.52. The standard InChI is InChI=1S/C14H16N4O3/c1-7-5-10(12-8(2)18-21-14(12)16-7)13(20)17-9-3-4-11(19)15-6-9/h5,9H,3-4,6H2,1-2H3,(H,15,19)(H,17,20). The highest BCUT2D eigenvalue weighted by Crippen LogP contribution is 2.22. The number of rotatable bonds is 2. The third-order valence-corrected chi connectivity index (χ3v) is 3.59. The molecular weight excluding hydrogens is 272 g/mol. The van der Waals surface area contributed by atoms with Crippen LogP contribution in [-0.2, 0) is 4.79 Å². The first kappa shape index (κ1) is 13.5. The lowest BCUT2D eigenvalue weighted by atomic mass is 10.1. The number of piperidine rings is 1. The molecule has 0 radical (unpaired) electrons. The number of hydrogen-bond acceptors (Lipinski definition) is 5. The van der Waals surface area contributed by atoms with Crippen LogP contribution in [0.5, 0.6) is 0 Å². The van der Waals surface area contributed by atoms with Crippen molar-refractivity contribution in [2.75, 3.05) is 6.54 Å². The molecule has 3 rings (SSSR count). The number of nitrogens with zero attached hydrogens (tertiary/aromatic N) is 2. The highest BCUT2D eigenvalue weighted by Gasteiger charge is 2.23. The summed E-state index contributed by atoms with van der Waals surface area (Å²) in [6.07, 6.45) is 1.08. The number of pyridine rings is 1. The lowest BCUT2D eigenvalue weighted by Crippen LogP contribution is -2.47. The monoisotopic (exact) mass is 288 g/mol. The molecule has 2 N–H and O–H groups in total. The van der Waals surface area contributed by atoms with Crippen LogP contribution in [0, 0.1) is 13.8 Å². The molecule has 0 aliphatic carbocycles. The Hall–Kier alpha value is -2.44. The lowest BCUT2D eigenvalue weighted by molar-refractivity contribution is -0.122. The van der Waals surface area contributed by atoms with E-state index in [0.29, 0.717) is 47.4 Å². The van der Waals surface area contributed by atoms with Gasteiger partial charge in [-0.1, -0.05) is 5.16 Å². The summed E-state index contributed by atoms with van der Waals surface area (Å²) in [6.45, 7) is 4.04. The van der Waals surface area contributed by atoms with Crippen LogP contribution in [0.1, 0.15) is 34.6 Å². The van der Waals surface area contributed by atoms with Gasteiger partial charge in [0.05, 0.1) is 16.6 Å². The highest BCUT2D eigenvalue weighted by molar-refractivity contribution is 6.06. The van der Waals surface area contributed by atoms with E-state index in [9.17, 15) is 9.59 Å². The fraction of sp³-hybridized carbons (Fsp3) is 0.429. The molecule has 0 saturated carbocycles. The Labute approximate surface area is 121 Å². The molecule has 1 aliphatic heterocycles. The Morgan fingerprint density at radius 2 is 2.29 bits per heavy atom. The number of hydrogen-bond donors (Lipinski definition) is 2. The van der Waals surface area contributed by atoms with Crippen molar-refractivity contribution in [3.05, 3.63) is 23.0 Å². The molecule has 2 amide bonds. The first-order valence-electron chi connectivity index (χ1n) is 6.86. The molecule has 1 fully saturated rings. The number of aromatic nitrogens is 2. The van der Waals surface area contributed by atoms with Crippen molar-refractivity contribution < 1.29 is 14.1 Å². The zero-order valence-corrected chi connectivity index (χ0v) is 11.9. The predicted octanol–water partition coefficient (Wildman–Crippen LogP) is 0.848. The molecule has 110 valence electrons. The van der Waals surface area contributed by atoms with Crippen molar-refractivity contribution in [3.63, 3.8) is 0 Å². The number of amides is 2. The summed E-state index contributed by atoms with van der Waals surface area (Å²) in [7, 11) is 0. The molecule has 0 bridgehead atoms. The molecule has 1 atom stereocenters. The summed E-state index contributed by atoms with van der Waals surface area (Å²) in [5.41, 5.74) is 2.21. The van der Waals surface area contributed by atoms with Crippen LogP contribution >= 0.6 is 0 Å². The first-order chi connectivity index (χ1) is 10.0. The van der Waals surface area contributed by atoms with E-state index in [2.05, 4.69) is 20.8 Å². The molecule has 7 heteroatoms. The van der Waals surface area contributed by atoms with Crippen molar-refractivity contribution in [1.29, 1.82) is 0 Å². The predicted molar refractivity (Wildman–Crippen MR) is 74.8 cm³/mol. The molecule has 0 spiro atoms. The van der Waals surface area contributed by atoms with Crippen molar-refractivity contribution in [1.82, 2.24) is 20.8 Å². The van der Waals surface area contributed by atoms with E-state index in [-0.39, 0.29) is 17.9 Å². The molecule has 2 aromatic heterocycles. The van der Waals surface area contributed by atoms with Gasteiger partial charge in [0.25, 0.3) is 11.6 Å². The molecule has 1 aliphatic rings. The van der Waals surface area contributed by atoms with E-state index < -0.39 is 0 Å². The van der Waals surface area contributed by atoms with Gasteiger partial charge in [-0.15, -0.1) is 0 Å². The summed E-state index contributed by atoms with van der Waals surface area (Å²) in [6, 6.07) is 1.67. The molecule has 1 saturated heterocycles. The molecule has 7 nitrogen and oxygen atoms in total. The van der Waals surface area contributed by atoms with Crippen LogP contribution in [0.15, 0.2) is 10.6 Å². The van der Waals surface area contributed by atoms with Gasteiger partial charge in [0.2, 0.25) is 5.91 Å². The lowest BCUT2D eigenvalue weighted by Gasteiger charge is -2.23. The van der Waals surface area contributed by atoms with E-state index in [1.165, 1.54) is 0 Å². The normalized spacial score (nSPS) is 18.6. The highest BCUT2D eigenvalue weighted by atomic mass is 16.5. The van der Waals surface area contributed by atoms with Gasteiger partial charge in [-0.2, -0.15) is 0 Å². The maximum atomic E-state index is 12.5. The zero-order chi connectivity index (χ0) is 15.0. The summed E-state index contributed by atoms with van der Waals surface area (Å²) in [5, 5.41) is 10.2. The maximum absolute atomic E-state index is 12.5. The summed E-state index contributed by atoms with van der Waals surface area (Å²) >= 11 is 0. The second-order valence-electron chi connectivity index (χ2n) is 5.27. The van der Waals surface area contributed by atoms with Gasteiger partial charge in [0, 0.05) is 24.7 Å². The Kier molecular flexibility index (Phi) is 3.32. The van der Waals surface area contributed by atoms with Crippen molar-refractivity contribution in [2.24, 2.45) is 0 Å². The minimum atomic E-state index is -0.196. The second kappa shape index (κ2) is 5.16. The Morgan fingerprint density at radius 3 is 3.00 bits per heavy atom. The number of carbonyl (C=O) groups excluding carboxylic acids is 2. The maximum Gasteiger partial charge on any atom is 0.258 e. The van der Waals surface area contributed by atoms with E-state index in [1.54, 1.807) is 19.9 Å². The van der Waals surface area contributed by atoms with Gasteiger partial charge >= 0.3 is 0 Å². The van der Waals surface area contributed by atoms with Crippen molar-refractivity contribution in [3.8, 4) is 0 Å². The first-order valence-corrected chi connectivity index (χ1v) is 6.86. The number of fused-ring (bicyclic) bond motifs is 1. The number of nitrogens with one attached hydrogen (secondary N) is 2. The van der Waals surface area contributed by atoms with Crippen LogP contribution in [0.4, 0.5) is 0 Å². The molecule has 21 heavy (non-hydrogen) atoms. The fourth-order valence-corrected chi connectivity index (χ4v) is 2.52. The minimum absolute atomic E-state index is 0.0255. The Balaban J connectivity index is 1.87. The topological polar surface area (TPSA) is 97.1 Å². The molecule has 0 aromatic carbocycles. The van der Waals surface area contributed by atoms with E-state index in [0.717, 1.165) is 0 Å². The molecule has 3 heterocycles. The average molecular weight is 288 g/mol. The summed E-state index contributed by atoms with van der Waals surface area (Å²) in [5.74, 6) is -0.171. The molecule has 1 unspecified atom stereocenters. The average Bonchev–Trinajstić information content (AvgIpc) is 2.82. The zero-order valence-electron chi connectivity index (χ0n) is 11.9. The van der Waals surface area contributed by atoms with Crippen LogP contribution < -0.4 is 10.6 Å². The van der Waals surface area contributed by atoms with Gasteiger partial charge in [0.15, 0.2) is 0 Å². The summed E-state index contributed by atoms with van der Waals surface area (Å²) in [4.78, 5) is 27.9. The van der Waals surface area contributed by atoms with Crippen LogP contribution in [0.2, 0.25) is 0 Å². The SMILES string of the molecule is Cc1cc(C(=O)NC2CCC(=O)NC2)c2c(C)noc2n1. The van der Waals surface area contributed by atoms with Gasteiger partial charge in [-0.3, -0.25) is 9.59 Å². The Morgan fingerprint density at radius 1 is 1.48 bits per heavy atom. The van der Waals surface area contributed by atoms with E-state index in [1.807, 2.05) is 0 Å². The third kappa shape index (κ3) is 2.58. The van der Waals surface area contributed by atoms with Gasteiger partial charge < -0.3 is 15.2 Å². The van der Waals surface area contributed by atoms with Gasteiger partial charge in [-0.25, -0.2) is 4.98 Å². The van der Waals surface area contributed by atoms with Crippen LogP contribution in [-0.4, -0.2) is 34.5 Å². The molecular formula is C14H16N4O3. The van der Waals surface area contributed by atoms with Crippen molar-refractivity contribution >= 4 is 22.9 Å². The van der Waals surface area contributed by atoms with E-state index in [4.69, 9.17) is 4.52 Å². The number of aryl methyl sites for hydroxylation is 2. The van der Waals surface area contributed by atoms with Crippen LogP contribution in [0.3, 0.4) is 0 Å².